The van der Waals surface area contributed by atoms with E-state index >= 15 is 0 Å². The molecule has 1 unspecified atom stereocenters. The summed E-state index contributed by atoms with van der Waals surface area (Å²) in [7, 11) is 0. The fraction of sp³-hybridized carbons (Fsp3) is 0.333. The summed E-state index contributed by atoms with van der Waals surface area (Å²) in [5, 5.41) is 12.4. The predicted octanol–water partition coefficient (Wildman–Crippen LogP) is 3.30. The molecule has 2 N–H and O–H groups in total. The molecule has 2 aromatic rings. The van der Waals surface area contributed by atoms with Crippen LogP contribution in [0.25, 0.3) is 0 Å². The number of nitrogens with one attached hydrogen (secondary N) is 1. The number of hydrogen-bond donors (Lipinski definition) is 2. The van der Waals surface area contributed by atoms with Gasteiger partial charge >= 0.3 is 0 Å². The van der Waals surface area contributed by atoms with E-state index in [1.54, 1.807) is 0 Å². The standard InChI is InChI=1S/C18H23NO2/c1-14(12-20)19-15(2)17-8-10-18(11-9-17)21-13-16-6-4-3-5-7-16/h3-11,14-15,19-20H,12-13H2,1-2H3/t14-,15?/m1/s1. The summed E-state index contributed by atoms with van der Waals surface area (Å²) in [5.41, 5.74) is 2.34. The highest BCUT2D eigenvalue weighted by Gasteiger charge is 2.08. The van der Waals surface area contributed by atoms with Crippen molar-refractivity contribution in [1.82, 2.24) is 5.32 Å². The quantitative estimate of drug-likeness (QED) is 0.820. The van der Waals surface area contributed by atoms with Gasteiger partial charge in [0.2, 0.25) is 0 Å². The van der Waals surface area contributed by atoms with E-state index in [-0.39, 0.29) is 18.7 Å². The average molecular weight is 285 g/mol. The molecule has 2 aromatic carbocycles. The van der Waals surface area contributed by atoms with E-state index in [9.17, 15) is 0 Å². The van der Waals surface area contributed by atoms with Crippen LogP contribution in [0, 0.1) is 0 Å². The van der Waals surface area contributed by atoms with Gasteiger partial charge in [0.15, 0.2) is 0 Å². The third-order valence-corrected chi connectivity index (χ3v) is 3.44. The van der Waals surface area contributed by atoms with Crippen molar-refractivity contribution in [1.29, 1.82) is 0 Å². The third kappa shape index (κ3) is 4.88. The zero-order valence-electron chi connectivity index (χ0n) is 12.6. The minimum Gasteiger partial charge on any atom is -0.489 e. The van der Waals surface area contributed by atoms with Crippen molar-refractivity contribution in [3.8, 4) is 5.75 Å². The van der Waals surface area contributed by atoms with Gasteiger partial charge in [-0.1, -0.05) is 42.5 Å². The van der Waals surface area contributed by atoms with Crippen LogP contribution >= 0.6 is 0 Å². The molecule has 0 spiro atoms. The summed E-state index contributed by atoms with van der Waals surface area (Å²) in [5.74, 6) is 0.866. The van der Waals surface area contributed by atoms with Gasteiger partial charge in [0.1, 0.15) is 12.4 Å². The summed E-state index contributed by atoms with van der Waals surface area (Å²) in [6.45, 7) is 4.78. The molecule has 21 heavy (non-hydrogen) atoms. The van der Waals surface area contributed by atoms with Crippen molar-refractivity contribution in [3.63, 3.8) is 0 Å². The minimum absolute atomic E-state index is 0.0917. The van der Waals surface area contributed by atoms with E-state index in [1.165, 1.54) is 5.56 Å². The van der Waals surface area contributed by atoms with Gasteiger partial charge in [-0.2, -0.15) is 0 Å². The van der Waals surface area contributed by atoms with Gasteiger partial charge in [-0.3, -0.25) is 0 Å². The maximum absolute atomic E-state index is 9.07. The van der Waals surface area contributed by atoms with Crippen LogP contribution in [-0.4, -0.2) is 17.8 Å². The molecule has 0 saturated heterocycles. The van der Waals surface area contributed by atoms with Crippen LogP contribution in [-0.2, 0) is 6.61 Å². The Balaban J connectivity index is 1.89. The fourth-order valence-electron chi connectivity index (χ4n) is 2.17. The van der Waals surface area contributed by atoms with Gasteiger partial charge in [0.05, 0.1) is 6.61 Å². The zero-order valence-corrected chi connectivity index (χ0v) is 12.6. The van der Waals surface area contributed by atoms with E-state index in [1.807, 2.05) is 37.3 Å². The number of aliphatic hydroxyl groups is 1. The first kappa shape index (κ1) is 15.5. The van der Waals surface area contributed by atoms with Gasteiger partial charge in [0, 0.05) is 12.1 Å². The van der Waals surface area contributed by atoms with Crippen LogP contribution in [0.5, 0.6) is 5.75 Å². The van der Waals surface area contributed by atoms with Crippen molar-refractivity contribution < 1.29 is 9.84 Å². The van der Waals surface area contributed by atoms with Crippen LogP contribution in [0.2, 0.25) is 0 Å². The normalized spacial score (nSPS) is 13.7. The zero-order chi connectivity index (χ0) is 15.1. The SMILES string of the molecule is CC(N[C@H](C)CO)c1ccc(OCc2ccccc2)cc1. The van der Waals surface area contributed by atoms with E-state index in [4.69, 9.17) is 9.84 Å². The van der Waals surface area contributed by atoms with Crippen LogP contribution in [0.1, 0.15) is 31.0 Å². The minimum atomic E-state index is 0.0917. The smallest absolute Gasteiger partial charge is 0.119 e. The lowest BCUT2D eigenvalue weighted by atomic mass is 10.1. The molecule has 112 valence electrons. The molecule has 0 aromatic heterocycles. The van der Waals surface area contributed by atoms with Crippen molar-refractivity contribution in [2.45, 2.75) is 32.5 Å². The monoisotopic (exact) mass is 285 g/mol. The molecular weight excluding hydrogens is 262 g/mol. The first-order valence-corrected chi connectivity index (χ1v) is 7.32. The predicted molar refractivity (Wildman–Crippen MR) is 85.3 cm³/mol. The lowest BCUT2D eigenvalue weighted by molar-refractivity contribution is 0.243. The summed E-state index contributed by atoms with van der Waals surface area (Å²) in [6.07, 6.45) is 0. The Labute approximate surface area is 126 Å². The molecule has 0 aliphatic carbocycles. The second-order valence-electron chi connectivity index (χ2n) is 5.32. The molecule has 0 bridgehead atoms. The molecule has 0 radical (unpaired) electrons. The lowest BCUT2D eigenvalue weighted by Gasteiger charge is -2.19. The van der Waals surface area contributed by atoms with Gasteiger partial charge in [0.25, 0.3) is 0 Å². The summed E-state index contributed by atoms with van der Waals surface area (Å²) < 4.78 is 5.77. The Bertz CT molecular complexity index is 525. The fourth-order valence-corrected chi connectivity index (χ4v) is 2.17. The highest BCUT2D eigenvalue weighted by Crippen LogP contribution is 2.19. The maximum Gasteiger partial charge on any atom is 0.119 e. The Morgan fingerprint density at radius 2 is 1.67 bits per heavy atom. The number of ether oxygens (including phenoxy) is 1. The van der Waals surface area contributed by atoms with Crippen molar-refractivity contribution in [2.75, 3.05) is 6.61 Å². The average Bonchev–Trinajstić information content (AvgIpc) is 2.54. The molecule has 2 rings (SSSR count). The van der Waals surface area contributed by atoms with Gasteiger partial charge in [-0.25, -0.2) is 0 Å². The van der Waals surface area contributed by atoms with E-state index in [0.717, 1.165) is 11.3 Å². The Morgan fingerprint density at radius 3 is 2.29 bits per heavy atom. The summed E-state index contributed by atoms with van der Waals surface area (Å²) in [4.78, 5) is 0. The van der Waals surface area contributed by atoms with Crippen LogP contribution in [0.3, 0.4) is 0 Å². The topological polar surface area (TPSA) is 41.5 Å². The molecule has 0 heterocycles. The number of benzene rings is 2. The molecule has 0 aliphatic rings. The molecule has 2 atom stereocenters. The van der Waals surface area contributed by atoms with Crippen molar-refractivity contribution in [2.24, 2.45) is 0 Å². The molecule has 3 heteroatoms. The second-order valence-corrected chi connectivity index (χ2v) is 5.32. The molecule has 3 nitrogen and oxygen atoms in total. The second kappa shape index (κ2) is 7.81. The molecule has 0 saturated carbocycles. The third-order valence-electron chi connectivity index (χ3n) is 3.44. The lowest BCUT2D eigenvalue weighted by Crippen LogP contribution is -2.31. The first-order chi connectivity index (χ1) is 10.2. The van der Waals surface area contributed by atoms with E-state index < -0.39 is 0 Å². The highest BCUT2D eigenvalue weighted by molar-refractivity contribution is 5.29. The van der Waals surface area contributed by atoms with Gasteiger partial charge in [-0.15, -0.1) is 0 Å². The van der Waals surface area contributed by atoms with Crippen LogP contribution in [0.4, 0.5) is 0 Å². The number of hydrogen-bond acceptors (Lipinski definition) is 3. The molecule has 0 aliphatic heterocycles. The van der Waals surface area contributed by atoms with E-state index in [2.05, 4.69) is 36.5 Å². The van der Waals surface area contributed by atoms with Crippen molar-refractivity contribution >= 4 is 0 Å². The Hall–Kier alpha value is -1.84. The summed E-state index contributed by atoms with van der Waals surface area (Å²) in [6, 6.07) is 18.5. The number of aliphatic hydroxyl groups excluding tert-OH is 1. The van der Waals surface area contributed by atoms with Crippen LogP contribution < -0.4 is 10.1 Å². The Kier molecular flexibility index (Phi) is 5.78. The number of rotatable bonds is 7. The maximum atomic E-state index is 9.07. The largest absolute Gasteiger partial charge is 0.489 e. The van der Waals surface area contributed by atoms with Crippen LogP contribution in [0.15, 0.2) is 54.6 Å². The molecular formula is C18H23NO2. The summed E-state index contributed by atoms with van der Waals surface area (Å²) >= 11 is 0. The van der Waals surface area contributed by atoms with E-state index in [0.29, 0.717) is 6.61 Å². The first-order valence-electron chi connectivity index (χ1n) is 7.32. The van der Waals surface area contributed by atoms with Gasteiger partial charge in [-0.05, 0) is 37.1 Å². The van der Waals surface area contributed by atoms with Crippen molar-refractivity contribution in [3.05, 3.63) is 65.7 Å². The Morgan fingerprint density at radius 1 is 1.00 bits per heavy atom. The highest BCUT2D eigenvalue weighted by atomic mass is 16.5. The molecule has 0 fully saturated rings. The van der Waals surface area contributed by atoms with Gasteiger partial charge < -0.3 is 15.2 Å². The molecule has 0 amide bonds.